The number of halogens is 1. The minimum Gasteiger partial charge on any atom is -0.467 e. The number of rotatable bonds is 5. The Balaban J connectivity index is 2.83. The van der Waals surface area contributed by atoms with Crippen LogP contribution in [0, 0.1) is 0 Å². The number of hydrogen-bond acceptors (Lipinski definition) is 3. The molecular weight excluding hydrogens is 202 g/mol. The lowest BCUT2D eigenvalue weighted by Crippen LogP contribution is -2.09. The first-order valence-corrected chi connectivity index (χ1v) is 4.71. The standard InChI is InChI=1S/C10H14ClNO2/c1-12-6-8-9(11)4-3-5-10(8)14-7-13-2/h3-5,12H,6-7H2,1-2H3. The van der Waals surface area contributed by atoms with Gasteiger partial charge in [-0.05, 0) is 19.2 Å². The molecule has 0 radical (unpaired) electrons. The van der Waals surface area contributed by atoms with Crippen LogP contribution in [0.5, 0.6) is 5.75 Å². The van der Waals surface area contributed by atoms with Crippen LogP contribution in [0.3, 0.4) is 0 Å². The van der Waals surface area contributed by atoms with Gasteiger partial charge in [0.1, 0.15) is 5.75 Å². The summed E-state index contributed by atoms with van der Waals surface area (Å²) in [5.41, 5.74) is 0.953. The number of nitrogens with one attached hydrogen (secondary N) is 1. The predicted molar refractivity (Wildman–Crippen MR) is 56.7 cm³/mol. The molecule has 3 nitrogen and oxygen atoms in total. The summed E-state index contributed by atoms with van der Waals surface area (Å²) in [4.78, 5) is 0. The van der Waals surface area contributed by atoms with Gasteiger partial charge < -0.3 is 14.8 Å². The summed E-state index contributed by atoms with van der Waals surface area (Å²) in [6.45, 7) is 0.912. The Labute approximate surface area is 89.0 Å². The lowest BCUT2D eigenvalue weighted by Gasteiger charge is -2.11. The van der Waals surface area contributed by atoms with Gasteiger partial charge >= 0.3 is 0 Å². The Morgan fingerprint density at radius 1 is 1.43 bits per heavy atom. The molecule has 1 aromatic carbocycles. The highest BCUT2D eigenvalue weighted by molar-refractivity contribution is 6.31. The topological polar surface area (TPSA) is 30.5 Å². The van der Waals surface area contributed by atoms with E-state index in [-0.39, 0.29) is 6.79 Å². The lowest BCUT2D eigenvalue weighted by atomic mass is 10.2. The molecule has 0 spiro atoms. The van der Waals surface area contributed by atoms with Gasteiger partial charge in [-0.25, -0.2) is 0 Å². The van der Waals surface area contributed by atoms with Gasteiger partial charge in [0.15, 0.2) is 6.79 Å². The molecule has 0 aliphatic carbocycles. The van der Waals surface area contributed by atoms with E-state index in [9.17, 15) is 0 Å². The van der Waals surface area contributed by atoms with Crippen LogP contribution in [-0.2, 0) is 11.3 Å². The van der Waals surface area contributed by atoms with E-state index in [0.717, 1.165) is 11.3 Å². The highest BCUT2D eigenvalue weighted by Gasteiger charge is 2.06. The van der Waals surface area contributed by atoms with Gasteiger partial charge in [-0.3, -0.25) is 0 Å². The van der Waals surface area contributed by atoms with Crippen LogP contribution >= 0.6 is 11.6 Å². The lowest BCUT2D eigenvalue weighted by molar-refractivity contribution is 0.0504. The smallest absolute Gasteiger partial charge is 0.188 e. The van der Waals surface area contributed by atoms with E-state index in [2.05, 4.69) is 5.32 Å². The summed E-state index contributed by atoms with van der Waals surface area (Å²) in [5.74, 6) is 0.758. The summed E-state index contributed by atoms with van der Waals surface area (Å²) in [7, 11) is 3.45. The van der Waals surface area contributed by atoms with E-state index in [1.165, 1.54) is 0 Å². The Morgan fingerprint density at radius 3 is 2.86 bits per heavy atom. The van der Waals surface area contributed by atoms with Crippen molar-refractivity contribution in [1.82, 2.24) is 5.32 Å². The SMILES string of the molecule is CNCc1c(Cl)cccc1OCOC. The molecule has 0 saturated carbocycles. The molecule has 0 amide bonds. The van der Waals surface area contributed by atoms with E-state index in [4.69, 9.17) is 21.1 Å². The van der Waals surface area contributed by atoms with Crippen LogP contribution in [0.2, 0.25) is 5.02 Å². The Morgan fingerprint density at radius 2 is 2.21 bits per heavy atom. The molecular formula is C10H14ClNO2. The Kier molecular flexibility index (Phi) is 4.73. The highest BCUT2D eigenvalue weighted by atomic mass is 35.5. The highest BCUT2D eigenvalue weighted by Crippen LogP contribution is 2.26. The van der Waals surface area contributed by atoms with Crippen molar-refractivity contribution in [2.24, 2.45) is 0 Å². The van der Waals surface area contributed by atoms with Gasteiger partial charge in [0.25, 0.3) is 0 Å². The molecule has 4 heteroatoms. The molecule has 1 rings (SSSR count). The van der Waals surface area contributed by atoms with Crippen LogP contribution in [0.4, 0.5) is 0 Å². The summed E-state index contributed by atoms with van der Waals surface area (Å²) in [5, 5.41) is 3.74. The maximum Gasteiger partial charge on any atom is 0.188 e. The van der Waals surface area contributed by atoms with Crippen molar-refractivity contribution in [3.05, 3.63) is 28.8 Å². The first kappa shape index (κ1) is 11.3. The van der Waals surface area contributed by atoms with E-state index < -0.39 is 0 Å². The summed E-state index contributed by atoms with van der Waals surface area (Å²) < 4.78 is 10.2. The molecule has 0 unspecified atom stereocenters. The van der Waals surface area contributed by atoms with E-state index in [0.29, 0.717) is 11.6 Å². The van der Waals surface area contributed by atoms with E-state index in [1.54, 1.807) is 7.11 Å². The van der Waals surface area contributed by atoms with Crippen molar-refractivity contribution in [2.45, 2.75) is 6.54 Å². The van der Waals surface area contributed by atoms with Crippen molar-refractivity contribution in [3.63, 3.8) is 0 Å². The van der Waals surface area contributed by atoms with Gasteiger partial charge in [0.2, 0.25) is 0 Å². The van der Waals surface area contributed by atoms with Crippen LogP contribution in [0.15, 0.2) is 18.2 Å². The van der Waals surface area contributed by atoms with Crippen molar-refractivity contribution in [3.8, 4) is 5.75 Å². The molecule has 0 fully saturated rings. The molecule has 0 heterocycles. The third-order valence-electron chi connectivity index (χ3n) is 1.76. The monoisotopic (exact) mass is 215 g/mol. The van der Waals surface area contributed by atoms with Crippen molar-refractivity contribution < 1.29 is 9.47 Å². The van der Waals surface area contributed by atoms with Crippen molar-refractivity contribution >= 4 is 11.6 Å². The molecule has 0 aliphatic rings. The summed E-state index contributed by atoms with van der Waals surface area (Å²) in [6.07, 6.45) is 0. The van der Waals surface area contributed by atoms with E-state index >= 15 is 0 Å². The maximum absolute atomic E-state index is 6.03. The molecule has 1 N–H and O–H groups in total. The molecule has 1 aromatic rings. The van der Waals surface area contributed by atoms with Crippen LogP contribution in [0.1, 0.15) is 5.56 Å². The van der Waals surface area contributed by atoms with Gasteiger partial charge in [0.05, 0.1) is 0 Å². The zero-order valence-corrected chi connectivity index (χ0v) is 9.10. The minimum absolute atomic E-state index is 0.233. The Hall–Kier alpha value is -0.770. The number of methoxy groups -OCH3 is 1. The maximum atomic E-state index is 6.03. The molecule has 0 aromatic heterocycles. The largest absolute Gasteiger partial charge is 0.467 e. The number of hydrogen-bond donors (Lipinski definition) is 1. The third-order valence-corrected chi connectivity index (χ3v) is 2.12. The summed E-state index contributed by atoms with van der Waals surface area (Å²) >= 11 is 6.03. The van der Waals surface area contributed by atoms with Gasteiger partial charge in [-0.15, -0.1) is 0 Å². The zero-order chi connectivity index (χ0) is 10.4. The fraction of sp³-hybridized carbons (Fsp3) is 0.400. The zero-order valence-electron chi connectivity index (χ0n) is 8.34. The summed E-state index contributed by atoms with van der Waals surface area (Å²) in [6, 6.07) is 5.57. The Bertz CT molecular complexity index is 291. The van der Waals surface area contributed by atoms with Crippen LogP contribution in [-0.4, -0.2) is 21.0 Å². The van der Waals surface area contributed by atoms with Gasteiger partial charge in [-0.1, -0.05) is 17.7 Å². The van der Waals surface area contributed by atoms with Crippen molar-refractivity contribution in [2.75, 3.05) is 21.0 Å². The first-order chi connectivity index (χ1) is 6.79. The first-order valence-electron chi connectivity index (χ1n) is 4.33. The minimum atomic E-state index is 0.233. The second kappa shape index (κ2) is 5.86. The number of benzene rings is 1. The average molecular weight is 216 g/mol. The van der Waals surface area contributed by atoms with Crippen molar-refractivity contribution in [1.29, 1.82) is 0 Å². The molecule has 0 atom stereocenters. The quantitative estimate of drug-likeness (QED) is 0.763. The van der Waals surface area contributed by atoms with Crippen LogP contribution in [0.25, 0.3) is 0 Å². The van der Waals surface area contributed by atoms with E-state index in [1.807, 2.05) is 25.2 Å². The van der Waals surface area contributed by atoms with Gasteiger partial charge in [-0.2, -0.15) is 0 Å². The second-order valence-electron chi connectivity index (χ2n) is 2.80. The predicted octanol–water partition coefficient (Wildman–Crippen LogP) is 2.04. The molecule has 78 valence electrons. The molecule has 0 saturated heterocycles. The third kappa shape index (κ3) is 2.87. The van der Waals surface area contributed by atoms with Gasteiger partial charge in [0, 0.05) is 24.2 Å². The van der Waals surface area contributed by atoms with Crippen LogP contribution < -0.4 is 10.1 Å². The normalized spacial score (nSPS) is 10.2. The molecule has 0 bridgehead atoms. The second-order valence-corrected chi connectivity index (χ2v) is 3.20. The molecule has 0 aliphatic heterocycles. The number of ether oxygens (including phenoxy) is 2. The molecule has 14 heavy (non-hydrogen) atoms. The fourth-order valence-corrected chi connectivity index (χ4v) is 1.38. The average Bonchev–Trinajstić information content (AvgIpc) is 2.19. The fourth-order valence-electron chi connectivity index (χ4n) is 1.14.